The zero-order chi connectivity index (χ0) is 18.5. The smallest absolute Gasteiger partial charge is 0.191 e. The van der Waals surface area contributed by atoms with Crippen LogP contribution in [0.5, 0.6) is 0 Å². The lowest BCUT2D eigenvalue weighted by molar-refractivity contribution is 0.0417. The van der Waals surface area contributed by atoms with Crippen LogP contribution in [-0.4, -0.2) is 42.9 Å². The molecule has 0 saturated heterocycles. The molecule has 1 aromatic rings. The lowest BCUT2D eigenvalue weighted by Gasteiger charge is -2.23. The molecule has 1 aromatic carbocycles. The fourth-order valence-electron chi connectivity index (χ4n) is 2.40. The van der Waals surface area contributed by atoms with E-state index in [-0.39, 0.29) is 30.1 Å². The zero-order valence-electron chi connectivity index (χ0n) is 16.6. The van der Waals surface area contributed by atoms with Crippen molar-refractivity contribution in [1.82, 2.24) is 10.6 Å². The van der Waals surface area contributed by atoms with Crippen molar-refractivity contribution in [3.05, 3.63) is 35.9 Å². The van der Waals surface area contributed by atoms with Gasteiger partial charge in [-0.05, 0) is 38.7 Å². The number of rotatable bonds is 11. The molecule has 1 unspecified atom stereocenters. The quantitative estimate of drug-likeness (QED) is 0.196. The summed E-state index contributed by atoms with van der Waals surface area (Å²) in [6.07, 6.45) is 2.41. The number of hydrogen-bond donors (Lipinski definition) is 3. The van der Waals surface area contributed by atoms with E-state index in [1.165, 1.54) is 5.56 Å². The van der Waals surface area contributed by atoms with Crippen LogP contribution < -0.4 is 10.6 Å². The van der Waals surface area contributed by atoms with Crippen molar-refractivity contribution in [2.45, 2.75) is 58.7 Å². The van der Waals surface area contributed by atoms with Gasteiger partial charge in [0.05, 0.1) is 18.2 Å². The first kappa shape index (κ1) is 25.1. The Labute approximate surface area is 176 Å². The maximum absolute atomic E-state index is 10.3. The number of nitrogens with one attached hydrogen (secondary N) is 2. The van der Waals surface area contributed by atoms with Gasteiger partial charge in [0.2, 0.25) is 0 Å². The highest BCUT2D eigenvalue weighted by Crippen LogP contribution is 2.16. The molecular weight excluding hydrogens is 441 g/mol. The molecule has 0 heterocycles. The summed E-state index contributed by atoms with van der Waals surface area (Å²) < 4.78 is 5.88. The number of guanidine groups is 1. The number of nitrogens with zero attached hydrogens (tertiary/aromatic N) is 1. The van der Waals surface area contributed by atoms with Gasteiger partial charge in [0, 0.05) is 19.7 Å². The summed E-state index contributed by atoms with van der Waals surface area (Å²) >= 11 is 0. The molecule has 1 atom stereocenters. The van der Waals surface area contributed by atoms with Gasteiger partial charge in [-0.15, -0.1) is 24.0 Å². The molecule has 1 rings (SSSR count). The van der Waals surface area contributed by atoms with Gasteiger partial charge in [0.1, 0.15) is 0 Å². The molecule has 0 amide bonds. The lowest BCUT2D eigenvalue weighted by atomic mass is 9.98. The van der Waals surface area contributed by atoms with Crippen LogP contribution in [-0.2, 0) is 4.74 Å². The minimum Gasteiger partial charge on any atom is -0.388 e. The largest absolute Gasteiger partial charge is 0.388 e. The van der Waals surface area contributed by atoms with Gasteiger partial charge in [-0.1, -0.05) is 44.2 Å². The molecule has 0 aliphatic heterocycles. The van der Waals surface area contributed by atoms with Crippen LogP contribution in [0.3, 0.4) is 0 Å². The molecule has 0 aliphatic carbocycles. The molecule has 5 nitrogen and oxygen atoms in total. The SMILES string of the molecule is CCNC(=NCC(O)(CC)CC)NCCCOC(C)c1ccccc1.I. The van der Waals surface area contributed by atoms with E-state index in [2.05, 4.69) is 34.7 Å². The van der Waals surface area contributed by atoms with Crippen molar-refractivity contribution >= 4 is 29.9 Å². The molecule has 0 saturated carbocycles. The summed E-state index contributed by atoms with van der Waals surface area (Å²) in [5.74, 6) is 0.749. The molecule has 0 fully saturated rings. The molecule has 0 spiro atoms. The van der Waals surface area contributed by atoms with Crippen LogP contribution in [0.1, 0.15) is 58.6 Å². The van der Waals surface area contributed by atoms with Gasteiger partial charge in [-0.25, -0.2) is 0 Å². The third-order valence-corrected chi connectivity index (χ3v) is 4.44. The predicted octanol–water partition coefficient (Wildman–Crippen LogP) is 3.88. The number of hydrogen-bond acceptors (Lipinski definition) is 3. The van der Waals surface area contributed by atoms with Crippen molar-refractivity contribution in [2.75, 3.05) is 26.2 Å². The monoisotopic (exact) mass is 477 g/mol. The third kappa shape index (κ3) is 9.73. The highest BCUT2D eigenvalue weighted by Gasteiger charge is 2.21. The van der Waals surface area contributed by atoms with E-state index in [4.69, 9.17) is 4.74 Å². The minimum absolute atomic E-state index is 0. The highest BCUT2D eigenvalue weighted by molar-refractivity contribution is 14.0. The number of halogens is 1. The number of ether oxygens (including phenoxy) is 1. The third-order valence-electron chi connectivity index (χ3n) is 4.44. The summed E-state index contributed by atoms with van der Waals surface area (Å²) in [5.41, 5.74) is 0.486. The van der Waals surface area contributed by atoms with E-state index in [0.717, 1.165) is 25.5 Å². The fraction of sp³-hybridized carbons (Fsp3) is 0.650. The summed E-state index contributed by atoms with van der Waals surface area (Å²) in [6.45, 7) is 10.8. The molecule has 0 bridgehead atoms. The Hall–Kier alpha value is -0.860. The molecular formula is C20H36IN3O2. The Morgan fingerprint density at radius 3 is 2.38 bits per heavy atom. The van der Waals surface area contributed by atoms with Crippen LogP contribution in [0.2, 0.25) is 0 Å². The van der Waals surface area contributed by atoms with Gasteiger partial charge in [-0.3, -0.25) is 4.99 Å². The van der Waals surface area contributed by atoms with Crippen LogP contribution in [0, 0.1) is 0 Å². The molecule has 150 valence electrons. The topological polar surface area (TPSA) is 65.9 Å². The molecule has 3 N–H and O–H groups in total. The van der Waals surface area contributed by atoms with E-state index >= 15 is 0 Å². The Morgan fingerprint density at radius 1 is 1.15 bits per heavy atom. The van der Waals surface area contributed by atoms with Crippen molar-refractivity contribution in [2.24, 2.45) is 4.99 Å². The first-order valence-corrected chi connectivity index (χ1v) is 9.45. The number of aliphatic imine (C=N–C) groups is 1. The van der Waals surface area contributed by atoms with Crippen LogP contribution in [0.15, 0.2) is 35.3 Å². The summed E-state index contributed by atoms with van der Waals surface area (Å²) in [4.78, 5) is 4.51. The van der Waals surface area contributed by atoms with Crippen LogP contribution >= 0.6 is 24.0 Å². The number of aliphatic hydroxyl groups is 1. The standard InChI is InChI=1S/C20H35N3O2.HI/c1-5-20(24,6-2)16-23-19(21-7-3)22-14-11-15-25-17(4)18-12-9-8-10-13-18;/h8-10,12-13,17,24H,5-7,11,14-16H2,1-4H3,(H2,21,22,23);1H. The van der Waals surface area contributed by atoms with Gasteiger partial charge >= 0.3 is 0 Å². The van der Waals surface area contributed by atoms with Crippen LogP contribution in [0.4, 0.5) is 0 Å². The van der Waals surface area contributed by atoms with Crippen molar-refractivity contribution in [3.63, 3.8) is 0 Å². The normalized spacial score (nSPS) is 13.0. The van der Waals surface area contributed by atoms with Gasteiger partial charge in [0.25, 0.3) is 0 Å². The van der Waals surface area contributed by atoms with Crippen molar-refractivity contribution in [3.8, 4) is 0 Å². The maximum atomic E-state index is 10.3. The first-order chi connectivity index (χ1) is 12.0. The predicted molar refractivity (Wildman–Crippen MR) is 120 cm³/mol. The van der Waals surface area contributed by atoms with E-state index < -0.39 is 5.60 Å². The average Bonchev–Trinajstić information content (AvgIpc) is 2.66. The van der Waals surface area contributed by atoms with Crippen molar-refractivity contribution < 1.29 is 9.84 Å². The molecule has 0 radical (unpaired) electrons. The second kappa shape index (κ2) is 14.2. The minimum atomic E-state index is -0.712. The summed E-state index contributed by atoms with van der Waals surface area (Å²) in [6, 6.07) is 10.2. The second-order valence-electron chi connectivity index (χ2n) is 6.33. The molecule has 6 heteroatoms. The Kier molecular flexibility index (Phi) is 13.8. The van der Waals surface area contributed by atoms with Gasteiger partial charge in [0.15, 0.2) is 5.96 Å². The molecule has 0 aliphatic rings. The average molecular weight is 477 g/mol. The van der Waals surface area contributed by atoms with E-state index in [9.17, 15) is 5.11 Å². The Bertz CT molecular complexity index is 493. The maximum Gasteiger partial charge on any atom is 0.191 e. The zero-order valence-corrected chi connectivity index (χ0v) is 19.0. The summed E-state index contributed by atoms with van der Waals surface area (Å²) in [5, 5.41) is 16.9. The van der Waals surface area contributed by atoms with Gasteiger partial charge in [-0.2, -0.15) is 0 Å². The van der Waals surface area contributed by atoms with E-state index in [1.807, 2.05) is 39.0 Å². The fourth-order valence-corrected chi connectivity index (χ4v) is 2.40. The molecule has 0 aromatic heterocycles. The second-order valence-corrected chi connectivity index (χ2v) is 6.33. The Morgan fingerprint density at radius 2 is 1.81 bits per heavy atom. The first-order valence-electron chi connectivity index (χ1n) is 9.45. The van der Waals surface area contributed by atoms with E-state index in [0.29, 0.717) is 26.0 Å². The molecule has 26 heavy (non-hydrogen) atoms. The van der Waals surface area contributed by atoms with Crippen LogP contribution in [0.25, 0.3) is 0 Å². The number of benzene rings is 1. The van der Waals surface area contributed by atoms with E-state index in [1.54, 1.807) is 0 Å². The highest BCUT2D eigenvalue weighted by atomic mass is 127. The van der Waals surface area contributed by atoms with Gasteiger partial charge < -0.3 is 20.5 Å². The van der Waals surface area contributed by atoms with Crippen molar-refractivity contribution in [1.29, 1.82) is 0 Å². The summed E-state index contributed by atoms with van der Waals surface area (Å²) in [7, 11) is 0. The Balaban J connectivity index is 0.00000625. The lowest BCUT2D eigenvalue weighted by Crippen LogP contribution is -2.40.